The Morgan fingerprint density at radius 2 is 2.20 bits per heavy atom. The van der Waals surface area contributed by atoms with Crippen LogP contribution in [0.15, 0.2) is 24.4 Å². The summed E-state index contributed by atoms with van der Waals surface area (Å²) in [7, 11) is 1.84. The summed E-state index contributed by atoms with van der Waals surface area (Å²) in [4.78, 5) is 12.1. The summed E-state index contributed by atoms with van der Waals surface area (Å²) in [6, 6.07) is 3.49. The van der Waals surface area contributed by atoms with Gasteiger partial charge in [-0.05, 0) is 32.0 Å². The Labute approximate surface area is 121 Å². The first kappa shape index (κ1) is 14.5. The van der Waals surface area contributed by atoms with E-state index in [0.29, 0.717) is 0 Å². The zero-order valence-corrected chi connectivity index (χ0v) is 12.2. The third kappa shape index (κ3) is 2.82. The van der Waals surface area contributed by atoms with Crippen LogP contribution in [0.2, 0.25) is 5.02 Å². The molecule has 0 aliphatic rings. The quantitative estimate of drug-likeness (QED) is 0.946. The van der Waals surface area contributed by atoms with Crippen LogP contribution in [0, 0.1) is 12.7 Å². The summed E-state index contributed by atoms with van der Waals surface area (Å²) in [6.45, 7) is 3.79. The van der Waals surface area contributed by atoms with Crippen LogP contribution >= 0.6 is 11.6 Å². The number of rotatable bonds is 3. The van der Waals surface area contributed by atoms with Gasteiger partial charge in [0, 0.05) is 18.3 Å². The fourth-order valence-corrected chi connectivity index (χ4v) is 2.22. The van der Waals surface area contributed by atoms with Crippen molar-refractivity contribution in [1.82, 2.24) is 15.1 Å². The summed E-state index contributed by atoms with van der Waals surface area (Å²) in [5, 5.41) is 7.06. The van der Waals surface area contributed by atoms with Crippen LogP contribution in [-0.4, -0.2) is 15.7 Å². The van der Waals surface area contributed by atoms with Gasteiger partial charge in [-0.3, -0.25) is 9.48 Å². The van der Waals surface area contributed by atoms with Crippen molar-refractivity contribution in [3.05, 3.63) is 52.1 Å². The first-order chi connectivity index (χ1) is 9.40. The minimum absolute atomic E-state index is 0.0950. The molecule has 4 nitrogen and oxygen atoms in total. The molecule has 0 fully saturated rings. The minimum Gasteiger partial charge on any atom is -0.345 e. The first-order valence-electron chi connectivity index (χ1n) is 6.14. The van der Waals surface area contributed by atoms with Crippen molar-refractivity contribution in [1.29, 1.82) is 0 Å². The molecular weight excluding hydrogens is 281 g/mol. The Kier molecular flexibility index (Phi) is 4.09. The zero-order valence-electron chi connectivity index (χ0n) is 11.4. The molecule has 0 saturated heterocycles. The lowest BCUT2D eigenvalue weighted by atomic mass is 10.1. The maximum atomic E-state index is 13.0. The van der Waals surface area contributed by atoms with Gasteiger partial charge in [0.05, 0.1) is 22.8 Å². The number of hydrogen-bond acceptors (Lipinski definition) is 2. The fourth-order valence-electron chi connectivity index (χ4n) is 1.97. The summed E-state index contributed by atoms with van der Waals surface area (Å²) in [6.07, 6.45) is 1.71. The number of carbonyl (C=O) groups is 1. The molecule has 1 aromatic heterocycles. The smallest absolute Gasteiger partial charge is 0.253 e. The van der Waals surface area contributed by atoms with E-state index in [1.807, 2.05) is 20.9 Å². The van der Waals surface area contributed by atoms with Gasteiger partial charge in [0.2, 0.25) is 0 Å². The normalized spacial score (nSPS) is 12.2. The molecule has 1 atom stereocenters. The number of carbonyl (C=O) groups excluding carboxylic acids is 1. The van der Waals surface area contributed by atoms with Crippen molar-refractivity contribution in [2.45, 2.75) is 19.9 Å². The summed E-state index contributed by atoms with van der Waals surface area (Å²) < 4.78 is 14.7. The lowest BCUT2D eigenvalue weighted by Crippen LogP contribution is -2.27. The van der Waals surface area contributed by atoms with E-state index < -0.39 is 5.82 Å². The number of nitrogens with zero attached hydrogens (tertiary/aromatic N) is 2. The highest BCUT2D eigenvalue weighted by Gasteiger charge is 2.17. The molecule has 2 aromatic rings. The molecule has 0 aliphatic heterocycles. The Bertz CT molecular complexity index is 654. The molecule has 6 heteroatoms. The number of benzene rings is 1. The van der Waals surface area contributed by atoms with Crippen LogP contribution in [0.5, 0.6) is 0 Å². The average Bonchev–Trinajstić information content (AvgIpc) is 2.69. The molecule has 0 spiro atoms. The topological polar surface area (TPSA) is 46.9 Å². The van der Waals surface area contributed by atoms with E-state index in [4.69, 9.17) is 11.6 Å². The standard InChI is InChI=1S/C14H15ClFN3O/c1-8(12-7-17-19(3)9(12)2)18-14(20)11-5-4-10(16)6-13(11)15/h4-8H,1-3H3,(H,18,20). The van der Waals surface area contributed by atoms with Crippen molar-refractivity contribution in [3.63, 3.8) is 0 Å². The third-order valence-corrected chi connectivity index (χ3v) is 3.58. The highest BCUT2D eigenvalue weighted by Crippen LogP contribution is 2.20. The van der Waals surface area contributed by atoms with Gasteiger partial charge >= 0.3 is 0 Å². The average molecular weight is 296 g/mol. The summed E-state index contributed by atoms with van der Waals surface area (Å²) in [5.74, 6) is -0.812. The van der Waals surface area contributed by atoms with E-state index in [-0.39, 0.29) is 22.5 Å². The van der Waals surface area contributed by atoms with Gasteiger partial charge in [-0.1, -0.05) is 11.6 Å². The Hall–Kier alpha value is -1.88. The van der Waals surface area contributed by atoms with E-state index in [0.717, 1.165) is 17.3 Å². The number of aromatic nitrogens is 2. The maximum Gasteiger partial charge on any atom is 0.253 e. The second kappa shape index (κ2) is 5.63. The predicted molar refractivity (Wildman–Crippen MR) is 75.2 cm³/mol. The van der Waals surface area contributed by atoms with Gasteiger partial charge in [-0.15, -0.1) is 0 Å². The lowest BCUT2D eigenvalue weighted by molar-refractivity contribution is 0.0940. The van der Waals surface area contributed by atoms with Crippen molar-refractivity contribution < 1.29 is 9.18 Å². The van der Waals surface area contributed by atoms with Gasteiger partial charge in [0.1, 0.15) is 5.82 Å². The Morgan fingerprint density at radius 3 is 2.75 bits per heavy atom. The second-order valence-corrected chi connectivity index (χ2v) is 5.04. The molecule has 0 bridgehead atoms. The Balaban J connectivity index is 2.17. The van der Waals surface area contributed by atoms with Gasteiger partial charge < -0.3 is 5.32 Å². The Morgan fingerprint density at radius 1 is 1.50 bits per heavy atom. The molecule has 1 N–H and O–H groups in total. The van der Waals surface area contributed by atoms with E-state index in [2.05, 4.69) is 10.4 Å². The molecule has 2 rings (SSSR count). The van der Waals surface area contributed by atoms with Gasteiger partial charge in [-0.25, -0.2) is 4.39 Å². The third-order valence-electron chi connectivity index (χ3n) is 3.26. The van der Waals surface area contributed by atoms with Crippen LogP contribution in [0.25, 0.3) is 0 Å². The predicted octanol–water partition coefficient (Wildman–Crippen LogP) is 3.01. The van der Waals surface area contributed by atoms with Crippen LogP contribution in [0.1, 0.15) is 34.6 Å². The summed E-state index contributed by atoms with van der Waals surface area (Å²) >= 11 is 5.87. The first-order valence-corrected chi connectivity index (χ1v) is 6.52. The summed E-state index contributed by atoms with van der Waals surface area (Å²) in [5.41, 5.74) is 2.16. The van der Waals surface area contributed by atoms with Gasteiger partial charge in [0.25, 0.3) is 5.91 Å². The van der Waals surface area contributed by atoms with Crippen molar-refractivity contribution in [2.24, 2.45) is 7.05 Å². The van der Waals surface area contributed by atoms with Gasteiger partial charge in [0.15, 0.2) is 0 Å². The van der Waals surface area contributed by atoms with Crippen LogP contribution in [0.4, 0.5) is 4.39 Å². The largest absolute Gasteiger partial charge is 0.345 e. The van der Waals surface area contributed by atoms with Crippen molar-refractivity contribution >= 4 is 17.5 Å². The van der Waals surface area contributed by atoms with Crippen LogP contribution < -0.4 is 5.32 Å². The molecule has 1 unspecified atom stereocenters. The van der Waals surface area contributed by atoms with Crippen LogP contribution in [0.3, 0.4) is 0 Å². The van der Waals surface area contributed by atoms with E-state index >= 15 is 0 Å². The fraction of sp³-hybridized carbons (Fsp3) is 0.286. The zero-order chi connectivity index (χ0) is 14.9. The van der Waals surface area contributed by atoms with Gasteiger partial charge in [-0.2, -0.15) is 5.10 Å². The number of hydrogen-bond donors (Lipinski definition) is 1. The molecule has 106 valence electrons. The van der Waals surface area contributed by atoms with Crippen molar-refractivity contribution in [2.75, 3.05) is 0 Å². The molecule has 0 aliphatic carbocycles. The van der Waals surface area contributed by atoms with E-state index in [1.54, 1.807) is 10.9 Å². The lowest BCUT2D eigenvalue weighted by Gasteiger charge is -2.14. The molecule has 20 heavy (non-hydrogen) atoms. The number of halogens is 2. The van der Waals surface area contributed by atoms with Crippen LogP contribution in [-0.2, 0) is 7.05 Å². The van der Waals surface area contributed by atoms with E-state index in [9.17, 15) is 9.18 Å². The molecule has 1 heterocycles. The monoisotopic (exact) mass is 295 g/mol. The highest BCUT2D eigenvalue weighted by molar-refractivity contribution is 6.33. The van der Waals surface area contributed by atoms with Crippen molar-refractivity contribution in [3.8, 4) is 0 Å². The highest BCUT2D eigenvalue weighted by atomic mass is 35.5. The SMILES string of the molecule is Cc1c(C(C)NC(=O)c2ccc(F)cc2Cl)cnn1C. The number of aryl methyl sites for hydroxylation is 1. The molecule has 0 saturated carbocycles. The molecule has 0 radical (unpaired) electrons. The maximum absolute atomic E-state index is 13.0. The minimum atomic E-state index is -0.470. The molecule has 1 aromatic carbocycles. The molecular formula is C14H15ClFN3O. The molecule has 1 amide bonds. The number of amides is 1. The van der Waals surface area contributed by atoms with E-state index in [1.165, 1.54) is 12.1 Å². The second-order valence-electron chi connectivity index (χ2n) is 4.63. The number of nitrogens with one attached hydrogen (secondary N) is 1.